The Labute approximate surface area is 100.0 Å². The van der Waals surface area contributed by atoms with Crippen molar-refractivity contribution >= 4 is 17.5 Å². The van der Waals surface area contributed by atoms with E-state index < -0.39 is 0 Å². The minimum Gasteiger partial charge on any atom is -0.349 e. The third-order valence-corrected chi connectivity index (χ3v) is 3.25. The van der Waals surface area contributed by atoms with Gasteiger partial charge in [-0.1, -0.05) is 29.8 Å². The fourth-order valence-electron chi connectivity index (χ4n) is 1.74. The highest BCUT2D eigenvalue weighted by atomic mass is 35.5. The van der Waals surface area contributed by atoms with Crippen LogP contribution in [0.3, 0.4) is 0 Å². The molecule has 16 heavy (non-hydrogen) atoms. The Hall–Kier alpha value is -1.06. The van der Waals surface area contributed by atoms with Gasteiger partial charge in [0.1, 0.15) is 0 Å². The summed E-state index contributed by atoms with van der Waals surface area (Å²) in [5, 5.41) is 3.60. The molecular weight excluding hydrogens is 224 g/mol. The second-order valence-electron chi connectivity index (χ2n) is 4.26. The first kappa shape index (κ1) is 11.4. The highest BCUT2D eigenvalue weighted by molar-refractivity contribution is 6.31. The minimum absolute atomic E-state index is 0.00932. The minimum atomic E-state index is -0.0750. The van der Waals surface area contributed by atoms with Crippen molar-refractivity contribution < 1.29 is 4.79 Å². The summed E-state index contributed by atoms with van der Waals surface area (Å²) in [7, 11) is 0. The zero-order valence-electron chi connectivity index (χ0n) is 9.11. The molecule has 1 amide bonds. The maximum Gasteiger partial charge on any atom is 0.225 e. The Balaban J connectivity index is 2.00. The summed E-state index contributed by atoms with van der Waals surface area (Å²) in [6.07, 6.45) is 0.793. The van der Waals surface area contributed by atoms with E-state index in [1.165, 1.54) is 0 Å². The Bertz CT molecular complexity index is 408. The molecule has 3 atom stereocenters. The van der Waals surface area contributed by atoms with E-state index in [0.29, 0.717) is 5.02 Å². The summed E-state index contributed by atoms with van der Waals surface area (Å²) in [5.41, 5.74) is 6.56. The van der Waals surface area contributed by atoms with E-state index in [2.05, 4.69) is 5.32 Å². The van der Waals surface area contributed by atoms with Crippen LogP contribution in [0.4, 0.5) is 0 Å². The van der Waals surface area contributed by atoms with E-state index in [-0.39, 0.29) is 23.9 Å². The van der Waals surface area contributed by atoms with Crippen molar-refractivity contribution in [3.63, 3.8) is 0 Å². The maximum absolute atomic E-state index is 11.7. The van der Waals surface area contributed by atoms with Gasteiger partial charge < -0.3 is 11.1 Å². The molecule has 0 heterocycles. The van der Waals surface area contributed by atoms with Gasteiger partial charge in [0.2, 0.25) is 5.91 Å². The van der Waals surface area contributed by atoms with E-state index in [1.54, 1.807) is 0 Å². The van der Waals surface area contributed by atoms with Crippen LogP contribution in [-0.4, -0.2) is 11.9 Å². The molecule has 0 aromatic heterocycles. The largest absolute Gasteiger partial charge is 0.349 e. The van der Waals surface area contributed by atoms with E-state index in [0.717, 1.165) is 12.0 Å². The lowest BCUT2D eigenvalue weighted by Crippen LogP contribution is -2.30. The number of hydrogen-bond acceptors (Lipinski definition) is 2. The fraction of sp³-hybridized carbons (Fsp3) is 0.417. The van der Waals surface area contributed by atoms with Crippen LogP contribution in [0.15, 0.2) is 24.3 Å². The average molecular weight is 239 g/mol. The van der Waals surface area contributed by atoms with E-state index in [1.807, 2.05) is 31.2 Å². The number of rotatable bonds is 3. The molecule has 3 nitrogen and oxygen atoms in total. The van der Waals surface area contributed by atoms with Gasteiger partial charge in [0.15, 0.2) is 0 Å². The fourth-order valence-corrected chi connectivity index (χ4v) is 2.04. The molecule has 1 saturated carbocycles. The predicted molar refractivity (Wildman–Crippen MR) is 64.1 cm³/mol. The maximum atomic E-state index is 11.7. The monoisotopic (exact) mass is 238 g/mol. The van der Waals surface area contributed by atoms with Gasteiger partial charge in [0.05, 0.1) is 12.0 Å². The number of nitrogens with two attached hydrogens (primary N) is 1. The van der Waals surface area contributed by atoms with Gasteiger partial charge in [0.25, 0.3) is 0 Å². The molecule has 1 aliphatic carbocycles. The van der Waals surface area contributed by atoms with Crippen LogP contribution in [0.1, 0.15) is 24.9 Å². The lowest BCUT2D eigenvalue weighted by Gasteiger charge is -2.15. The first-order chi connectivity index (χ1) is 7.59. The number of hydrogen-bond donors (Lipinski definition) is 2. The van der Waals surface area contributed by atoms with Gasteiger partial charge in [-0.15, -0.1) is 0 Å². The van der Waals surface area contributed by atoms with Gasteiger partial charge in [-0.3, -0.25) is 4.79 Å². The topological polar surface area (TPSA) is 55.1 Å². The number of amides is 1. The Morgan fingerprint density at radius 2 is 2.19 bits per heavy atom. The zero-order valence-corrected chi connectivity index (χ0v) is 9.87. The van der Waals surface area contributed by atoms with Crippen LogP contribution in [-0.2, 0) is 4.79 Å². The molecule has 3 unspecified atom stereocenters. The van der Waals surface area contributed by atoms with Crippen molar-refractivity contribution in [1.29, 1.82) is 0 Å². The van der Waals surface area contributed by atoms with Crippen LogP contribution in [0, 0.1) is 5.92 Å². The first-order valence-electron chi connectivity index (χ1n) is 5.40. The number of carbonyl (C=O) groups is 1. The summed E-state index contributed by atoms with van der Waals surface area (Å²) in [6.45, 7) is 1.92. The molecule has 1 aromatic rings. The molecule has 0 saturated heterocycles. The second-order valence-corrected chi connectivity index (χ2v) is 4.67. The van der Waals surface area contributed by atoms with Crippen molar-refractivity contribution in [1.82, 2.24) is 5.32 Å². The summed E-state index contributed by atoms with van der Waals surface area (Å²) in [5.74, 6) is 0.0184. The van der Waals surface area contributed by atoms with Gasteiger partial charge in [-0.05, 0) is 25.0 Å². The highest BCUT2D eigenvalue weighted by Gasteiger charge is 2.40. The first-order valence-corrected chi connectivity index (χ1v) is 5.77. The molecule has 0 spiro atoms. The quantitative estimate of drug-likeness (QED) is 0.845. The van der Waals surface area contributed by atoms with Crippen LogP contribution in [0.2, 0.25) is 5.02 Å². The lowest BCUT2D eigenvalue weighted by molar-refractivity contribution is -0.123. The SMILES string of the molecule is CC(NC(=O)C1CC1N)c1ccccc1Cl. The number of benzene rings is 1. The van der Waals surface area contributed by atoms with Crippen LogP contribution < -0.4 is 11.1 Å². The summed E-state index contributed by atoms with van der Waals surface area (Å²) in [6, 6.07) is 7.49. The highest BCUT2D eigenvalue weighted by Crippen LogP contribution is 2.29. The Morgan fingerprint density at radius 1 is 1.56 bits per heavy atom. The second kappa shape index (κ2) is 4.44. The number of nitrogens with one attached hydrogen (secondary N) is 1. The summed E-state index contributed by atoms with van der Waals surface area (Å²) in [4.78, 5) is 11.7. The van der Waals surface area contributed by atoms with Gasteiger partial charge >= 0.3 is 0 Å². The normalized spacial score (nSPS) is 24.9. The Morgan fingerprint density at radius 3 is 2.75 bits per heavy atom. The molecule has 0 radical (unpaired) electrons. The third kappa shape index (κ3) is 2.36. The molecule has 1 aromatic carbocycles. The van der Waals surface area contributed by atoms with Gasteiger partial charge in [-0.2, -0.15) is 0 Å². The molecule has 1 aliphatic rings. The molecule has 0 bridgehead atoms. The van der Waals surface area contributed by atoms with E-state index in [4.69, 9.17) is 17.3 Å². The summed E-state index contributed by atoms with van der Waals surface area (Å²) >= 11 is 6.05. The van der Waals surface area contributed by atoms with Crippen LogP contribution in [0.5, 0.6) is 0 Å². The van der Waals surface area contributed by atoms with Crippen LogP contribution >= 0.6 is 11.6 Å². The van der Waals surface area contributed by atoms with E-state index >= 15 is 0 Å². The van der Waals surface area contributed by atoms with Crippen molar-refractivity contribution in [2.75, 3.05) is 0 Å². The zero-order chi connectivity index (χ0) is 11.7. The van der Waals surface area contributed by atoms with Crippen molar-refractivity contribution in [3.05, 3.63) is 34.9 Å². The summed E-state index contributed by atoms with van der Waals surface area (Å²) < 4.78 is 0. The van der Waals surface area contributed by atoms with Gasteiger partial charge in [0, 0.05) is 11.1 Å². The standard InChI is InChI=1S/C12H15ClN2O/c1-7(8-4-2-3-5-10(8)13)15-12(16)9-6-11(9)14/h2-5,7,9,11H,6,14H2,1H3,(H,15,16). The predicted octanol–water partition coefficient (Wildman–Crippen LogP) is 1.86. The average Bonchev–Trinajstić information content (AvgIpc) is 2.96. The van der Waals surface area contributed by atoms with Crippen molar-refractivity contribution in [2.24, 2.45) is 11.7 Å². The number of carbonyl (C=O) groups excluding carboxylic acids is 1. The molecule has 86 valence electrons. The number of halogens is 1. The lowest BCUT2D eigenvalue weighted by atomic mass is 10.1. The van der Waals surface area contributed by atoms with E-state index in [9.17, 15) is 4.79 Å². The molecule has 4 heteroatoms. The Kier molecular flexibility index (Phi) is 3.17. The smallest absolute Gasteiger partial charge is 0.225 e. The molecule has 3 N–H and O–H groups in total. The van der Waals surface area contributed by atoms with Crippen molar-refractivity contribution in [3.8, 4) is 0 Å². The van der Waals surface area contributed by atoms with Gasteiger partial charge in [-0.25, -0.2) is 0 Å². The van der Waals surface area contributed by atoms with Crippen LogP contribution in [0.25, 0.3) is 0 Å². The molecule has 0 aliphatic heterocycles. The molecule has 1 fully saturated rings. The molecule has 2 rings (SSSR count). The van der Waals surface area contributed by atoms with Crippen molar-refractivity contribution in [2.45, 2.75) is 25.4 Å². The third-order valence-electron chi connectivity index (χ3n) is 2.91. The molecular formula is C12H15ClN2O.